The average molecular weight is 235 g/mol. The average Bonchev–Trinajstić information content (AvgIpc) is 2.64. The van der Waals surface area contributed by atoms with E-state index >= 15 is 0 Å². The van der Waals surface area contributed by atoms with Crippen LogP contribution < -0.4 is 5.32 Å². The summed E-state index contributed by atoms with van der Waals surface area (Å²) in [6, 6.07) is 0.492. The Morgan fingerprint density at radius 1 is 1.41 bits per heavy atom. The molecule has 0 radical (unpaired) electrons. The molecule has 0 aliphatic carbocycles. The van der Waals surface area contributed by atoms with E-state index in [-0.39, 0.29) is 0 Å². The van der Waals surface area contributed by atoms with Crippen LogP contribution in [0.4, 0.5) is 5.95 Å². The summed E-state index contributed by atoms with van der Waals surface area (Å²) in [4.78, 5) is 4.50. The molecule has 1 aromatic rings. The third kappa shape index (κ3) is 4.25. The van der Waals surface area contributed by atoms with Crippen LogP contribution in [0.5, 0.6) is 0 Å². The lowest BCUT2D eigenvalue weighted by Gasteiger charge is -2.17. The zero-order valence-corrected chi connectivity index (χ0v) is 11.5. The molecule has 3 nitrogen and oxygen atoms in total. The first-order valence-electron chi connectivity index (χ1n) is 6.44. The Morgan fingerprint density at radius 2 is 2.12 bits per heavy atom. The lowest BCUT2D eigenvalue weighted by atomic mass is 10.0. The first-order valence-corrected chi connectivity index (χ1v) is 6.44. The van der Waals surface area contributed by atoms with Crippen molar-refractivity contribution in [3.05, 3.63) is 24.5 Å². The van der Waals surface area contributed by atoms with Gasteiger partial charge in [0.15, 0.2) is 0 Å². The lowest BCUT2D eigenvalue weighted by Crippen LogP contribution is -2.11. The smallest absolute Gasteiger partial charge is 0.203 e. The highest BCUT2D eigenvalue weighted by atomic mass is 15.2. The number of rotatable bonds is 7. The number of imidazole rings is 1. The quantitative estimate of drug-likeness (QED) is 0.729. The standard InChI is InChI=1S/C14H25N3/c1-6-9-15-14-16-12(4)10-17(14)13(5)8-7-11(2)3/h6,10-11,13H,1,7-9H2,2-5H3,(H,15,16). The van der Waals surface area contributed by atoms with Gasteiger partial charge in [-0.15, -0.1) is 6.58 Å². The molecule has 1 rings (SSSR count). The molecule has 17 heavy (non-hydrogen) atoms. The predicted octanol–water partition coefficient (Wildman–Crippen LogP) is 3.79. The van der Waals surface area contributed by atoms with E-state index in [1.165, 1.54) is 12.8 Å². The highest BCUT2D eigenvalue weighted by Crippen LogP contribution is 2.21. The molecule has 1 heterocycles. The van der Waals surface area contributed by atoms with Crippen molar-refractivity contribution in [1.29, 1.82) is 0 Å². The van der Waals surface area contributed by atoms with E-state index in [9.17, 15) is 0 Å². The van der Waals surface area contributed by atoms with Gasteiger partial charge in [0, 0.05) is 18.8 Å². The van der Waals surface area contributed by atoms with Crippen LogP contribution in [0.1, 0.15) is 45.3 Å². The summed E-state index contributed by atoms with van der Waals surface area (Å²) in [5.74, 6) is 1.71. The summed E-state index contributed by atoms with van der Waals surface area (Å²) in [7, 11) is 0. The first kappa shape index (κ1) is 13.8. The van der Waals surface area contributed by atoms with Gasteiger partial charge in [0.05, 0.1) is 5.69 Å². The Morgan fingerprint density at radius 3 is 2.71 bits per heavy atom. The van der Waals surface area contributed by atoms with Gasteiger partial charge in [-0.05, 0) is 32.6 Å². The van der Waals surface area contributed by atoms with Crippen LogP contribution in [-0.4, -0.2) is 16.1 Å². The van der Waals surface area contributed by atoms with Crippen molar-refractivity contribution in [1.82, 2.24) is 9.55 Å². The third-order valence-corrected chi connectivity index (χ3v) is 2.89. The van der Waals surface area contributed by atoms with Gasteiger partial charge in [-0.2, -0.15) is 0 Å². The Bertz CT molecular complexity index is 352. The molecule has 0 saturated carbocycles. The first-order chi connectivity index (χ1) is 8.04. The van der Waals surface area contributed by atoms with Gasteiger partial charge in [0.2, 0.25) is 5.95 Å². The minimum absolute atomic E-state index is 0.492. The molecule has 3 heteroatoms. The van der Waals surface area contributed by atoms with Gasteiger partial charge in [0.1, 0.15) is 0 Å². The van der Waals surface area contributed by atoms with Gasteiger partial charge in [-0.3, -0.25) is 0 Å². The van der Waals surface area contributed by atoms with E-state index < -0.39 is 0 Å². The van der Waals surface area contributed by atoms with Gasteiger partial charge >= 0.3 is 0 Å². The number of aryl methyl sites for hydroxylation is 1. The van der Waals surface area contributed by atoms with Crippen molar-refractivity contribution in [2.75, 3.05) is 11.9 Å². The van der Waals surface area contributed by atoms with E-state index in [2.05, 4.69) is 48.4 Å². The van der Waals surface area contributed by atoms with Gasteiger partial charge in [-0.25, -0.2) is 4.98 Å². The van der Waals surface area contributed by atoms with E-state index in [0.717, 1.165) is 24.1 Å². The Labute approximate surface area is 105 Å². The van der Waals surface area contributed by atoms with Crippen LogP contribution in [0.3, 0.4) is 0 Å². The molecule has 1 unspecified atom stereocenters. The SMILES string of the molecule is C=CCNc1nc(C)cn1C(C)CCC(C)C. The number of anilines is 1. The lowest BCUT2D eigenvalue weighted by molar-refractivity contribution is 0.442. The largest absolute Gasteiger partial charge is 0.352 e. The predicted molar refractivity (Wildman–Crippen MR) is 74.4 cm³/mol. The van der Waals surface area contributed by atoms with Crippen molar-refractivity contribution in [2.24, 2.45) is 5.92 Å². The van der Waals surface area contributed by atoms with Crippen molar-refractivity contribution >= 4 is 5.95 Å². The van der Waals surface area contributed by atoms with Crippen molar-refractivity contribution < 1.29 is 0 Å². The molecule has 0 fully saturated rings. The summed E-state index contributed by atoms with van der Waals surface area (Å²) < 4.78 is 2.24. The van der Waals surface area contributed by atoms with Crippen LogP contribution in [-0.2, 0) is 0 Å². The molecule has 96 valence electrons. The maximum atomic E-state index is 4.50. The zero-order valence-electron chi connectivity index (χ0n) is 11.5. The van der Waals surface area contributed by atoms with E-state index in [0.29, 0.717) is 6.04 Å². The second-order valence-corrected chi connectivity index (χ2v) is 5.10. The van der Waals surface area contributed by atoms with Crippen LogP contribution in [0.15, 0.2) is 18.9 Å². The zero-order chi connectivity index (χ0) is 12.8. The van der Waals surface area contributed by atoms with Gasteiger partial charge in [-0.1, -0.05) is 19.9 Å². The molecule has 1 atom stereocenters. The minimum Gasteiger partial charge on any atom is -0.352 e. The Kier molecular flexibility index (Phi) is 5.26. The monoisotopic (exact) mass is 235 g/mol. The second-order valence-electron chi connectivity index (χ2n) is 5.10. The highest BCUT2D eigenvalue weighted by Gasteiger charge is 2.11. The Hall–Kier alpha value is -1.25. The summed E-state index contributed by atoms with van der Waals surface area (Å²) in [6.07, 6.45) is 6.42. The van der Waals surface area contributed by atoms with Crippen LogP contribution >= 0.6 is 0 Å². The van der Waals surface area contributed by atoms with Crippen molar-refractivity contribution in [3.63, 3.8) is 0 Å². The Balaban J connectivity index is 2.69. The van der Waals surface area contributed by atoms with E-state index in [4.69, 9.17) is 0 Å². The maximum absolute atomic E-state index is 4.50. The van der Waals surface area contributed by atoms with Crippen molar-refractivity contribution in [2.45, 2.75) is 46.6 Å². The molecule has 0 amide bonds. The third-order valence-electron chi connectivity index (χ3n) is 2.89. The normalized spacial score (nSPS) is 12.8. The minimum atomic E-state index is 0.492. The fraction of sp³-hybridized carbons (Fsp3) is 0.643. The van der Waals surface area contributed by atoms with Crippen molar-refractivity contribution in [3.8, 4) is 0 Å². The summed E-state index contributed by atoms with van der Waals surface area (Å²) in [6.45, 7) is 13.3. The summed E-state index contributed by atoms with van der Waals surface area (Å²) >= 11 is 0. The molecular formula is C14H25N3. The molecule has 0 aliphatic rings. The fourth-order valence-electron chi connectivity index (χ4n) is 1.86. The maximum Gasteiger partial charge on any atom is 0.203 e. The number of nitrogens with one attached hydrogen (secondary N) is 1. The molecule has 0 aliphatic heterocycles. The second kappa shape index (κ2) is 6.48. The summed E-state index contributed by atoms with van der Waals surface area (Å²) in [5, 5.41) is 3.29. The molecule has 0 saturated heterocycles. The van der Waals surface area contributed by atoms with Crippen LogP contribution in [0, 0.1) is 12.8 Å². The van der Waals surface area contributed by atoms with E-state index in [1.807, 2.05) is 13.0 Å². The number of aromatic nitrogens is 2. The van der Waals surface area contributed by atoms with Crippen LogP contribution in [0.25, 0.3) is 0 Å². The number of hydrogen-bond donors (Lipinski definition) is 1. The number of hydrogen-bond acceptors (Lipinski definition) is 2. The molecule has 0 aromatic carbocycles. The van der Waals surface area contributed by atoms with E-state index in [1.54, 1.807) is 0 Å². The highest BCUT2D eigenvalue weighted by molar-refractivity contribution is 5.30. The molecule has 1 N–H and O–H groups in total. The van der Waals surface area contributed by atoms with Gasteiger partial charge in [0.25, 0.3) is 0 Å². The van der Waals surface area contributed by atoms with Gasteiger partial charge < -0.3 is 9.88 Å². The fourth-order valence-corrected chi connectivity index (χ4v) is 1.86. The topological polar surface area (TPSA) is 29.9 Å². The summed E-state index contributed by atoms with van der Waals surface area (Å²) in [5.41, 5.74) is 1.06. The molecule has 1 aromatic heterocycles. The number of nitrogens with zero attached hydrogens (tertiary/aromatic N) is 2. The van der Waals surface area contributed by atoms with Crippen LogP contribution in [0.2, 0.25) is 0 Å². The molecule has 0 spiro atoms. The molecule has 0 bridgehead atoms. The molecular weight excluding hydrogens is 210 g/mol.